The van der Waals surface area contributed by atoms with Crippen molar-refractivity contribution in [3.63, 3.8) is 0 Å². The number of nitrogens with one attached hydrogen (secondary N) is 1. The summed E-state index contributed by atoms with van der Waals surface area (Å²) in [7, 11) is 0. The Hall–Kier alpha value is -2.08. The smallest absolute Gasteiger partial charge is 0.0932 e. The second kappa shape index (κ2) is 8.54. The zero-order valence-electron chi connectivity index (χ0n) is 14.8. The van der Waals surface area contributed by atoms with Crippen LogP contribution in [0, 0.1) is 0 Å². The normalized spacial score (nSPS) is 18.1. The topological polar surface area (TPSA) is 41.1 Å². The third kappa shape index (κ3) is 4.36. The summed E-state index contributed by atoms with van der Waals surface area (Å²) in [5.41, 5.74) is 3.84. The van der Waals surface area contributed by atoms with E-state index in [1.807, 2.05) is 18.5 Å². The molecular formula is C21H24N4S. The molecule has 1 aliphatic heterocycles. The van der Waals surface area contributed by atoms with Crippen molar-refractivity contribution in [3.8, 4) is 0 Å². The maximum absolute atomic E-state index is 4.89. The van der Waals surface area contributed by atoms with E-state index in [2.05, 4.69) is 57.0 Å². The maximum Gasteiger partial charge on any atom is 0.0932 e. The van der Waals surface area contributed by atoms with Crippen LogP contribution in [0.15, 0.2) is 60.2 Å². The fraction of sp³-hybridized carbons (Fsp3) is 0.333. The van der Waals surface area contributed by atoms with Crippen molar-refractivity contribution >= 4 is 11.3 Å². The summed E-state index contributed by atoms with van der Waals surface area (Å²) in [5, 5.41) is 6.96. The molecule has 2 aromatic heterocycles. The van der Waals surface area contributed by atoms with Crippen LogP contribution in [0.1, 0.15) is 27.9 Å². The summed E-state index contributed by atoms with van der Waals surface area (Å²) in [4.78, 5) is 11.7. The highest BCUT2D eigenvalue weighted by Crippen LogP contribution is 2.24. The number of hydrogen-bond acceptors (Lipinski definition) is 5. The standard InChI is InChI=1S/C21H24N4S/c1-2-5-17(6-3-1)8-9-21-24-19(16-26-21)15-25-12-11-23-14-20(25)18-7-4-10-22-13-18/h1-7,10,13,16,20,23H,8-9,11-12,14-15H2. The van der Waals surface area contributed by atoms with Gasteiger partial charge in [-0.1, -0.05) is 36.4 Å². The molecule has 134 valence electrons. The highest BCUT2D eigenvalue weighted by molar-refractivity contribution is 7.09. The fourth-order valence-corrected chi connectivity index (χ4v) is 4.27. The monoisotopic (exact) mass is 364 g/mol. The molecule has 1 N–H and O–H groups in total. The van der Waals surface area contributed by atoms with E-state index in [1.165, 1.54) is 21.8 Å². The highest BCUT2D eigenvalue weighted by Gasteiger charge is 2.24. The van der Waals surface area contributed by atoms with Gasteiger partial charge in [0.1, 0.15) is 0 Å². The van der Waals surface area contributed by atoms with Crippen molar-refractivity contribution in [3.05, 3.63) is 82.1 Å². The van der Waals surface area contributed by atoms with Crippen molar-refractivity contribution < 1.29 is 0 Å². The molecule has 0 spiro atoms. The Morgan fingerprint density at radius 3 is 2.88 bits per heavy atom. The summed E-state index contributed by atoms with van der Waals surface area (Å²) < 4.78 is 0. The largest absolute Gasteiger partial charge is 0.314 e. The molecule has 0 aliphatic carbocycles. The van der Waals surface area contributed by atoms with Crippen LogP contribution in [0.3, 0.4) is 0 Å². The lowest BCUT2D eigenvalue weighted by molar-refractivity contribution is 0.152. The van der Waals surface area contributed by atoms with Gasteiger partial charge in [0.2, 0.25) is 0 Å². The number of piperazine rings is 1. The average molecular weight is 365 g/mol. The van der Waals surface area contributed by atoms with Crippen molar-refractivity contribution in [2.45, 2.75) is 25.4 Å². The number of benzene rings is 1. The van der Waals surface area contributed by atoms with E-state index in [1.54, 1.807) is 11.3 Å². The lowest BCUT2D eigenvalue weighted by atomic mass is 10.1. The Morgan fingerprint density at radius 1 is 1.12 bits per heavy atom. The zero-order chi connectivity index (χ0) is 17.6. The summed E-state index contributed by atoms with van der Waals surface area (Å²) >= 11 is 1.79. The third-order valence-electron chi connectivity index (χ3n) is 4.86. The van der Waals surface area contributed by atoms with Crippen molar-refractivity contribution in [1.82, 2.24) is 20.2 Å². The van der Waals surface area contributed by atoms with Gasteiger partial charge >= 0.3 is 0 Å². The lowest BCUT2D eigenvalue weighted by Gasteiger charge is -2.35. The van der Waals surface area contributed by atoms with Crippen LogP contribution < -0.4 is 5.32 Å². The molecule has 1 saturated heterocycles. The zero-order valence-corrected chi connectivity index (χ0v) is 15.7. The Bertz CT molecular complexity index is 803. The molecule has 5 heteroatoms. The first-order chi connectivity index (χ1) is 12.9. The molecule has 1 aliphatic rings. The maximum atomic E-state index is 4.89. The molecular weight excluding hydrogens is 340 g/mol. The predicted octanol–water partition coefficient (Wildman–Crippen LogP) is 3.47. The molecule has 0 amide bonds. The molecule has 1 fully saturated rings. The molecule has 1 atom stereocenters. The Kier molecular flexibility index (Phi) is 5.69. The number of rotatable bonds is 6. The van der Waals surface area contributed by atoms with Gasteiger partial charge in [-0.25, -0.2) is 4.98 Å². The Morgan fingerprint density at radius 2 is 2.04 bits per heavy atom. The number of hydrogen-bond donors (Lipinski definition) is 1. The van der Waals surface area contributed by atoms with E-state index in [-0.39, 0.29) is 0 Å². The minimum absolute atomic E-state index is 0.368. The molecule has 1 unspecified atom stereocenters. The first-order valence-corrected chi connectivity index (χ1v) is 10.1. The molecule has 0 bridgehead atoms. The number of thiazole rings is 1. The van der Waals surface area contributed by atoms with Gasteiger partial charge in [-0.2, -0.15) is 0 Å². The SMILES string of the molecule is c1ccc(CCc2nc(CN3CCNCC3c3cccnc3)cs2)cc1. The van der Waals surface area contributed by atoms with E-state index < -0.39 is 0 Å². The summed E-state index contributed by atoms with van der Waals surface area (Å²) in [6.07, 6.45) is 5.89. The van der Waals surface area contributed by atoms with Crippen LogP contribution in [-0.4, -0.2) is 34.5 Å². The van der Waals surface area contributed by atoms with Crippen molar-refractivity contribution in [2.24, 2.45) is 0 Å². The predicted molar refractivity (Wildman–Crippen MR) is 106 cm³/mol. The minimum Gasteiger partial charge on any atom is -0.314 e. The molecule has 3 heterocycles. The highest BCUT2D eigenvalue weighted by atomic mass is 32.1. The Labute approximate surface area is 158 Å². The van der Waals surface area contributed by atoms with E-state index in [0.29, 0.717) is 6.04 Å². The third-order valence-corrected chi connectivity index (χ3v) is 5.82. The average Bonchev–Trinajstić information content (AvgIpc) is 3.16. The quantitative estimate of drug-likeness (QED) is 0.727. The van der Waals surface area contributed by atoms with Crippen molar-refractivity contribution in [1.29, 1.82) is 0 Å². The number of aryl methyl sites for hydroxylation is 2. The van der Waals surface area contributed by atoms with Gasteiger partial charge in [-0.3, -0.25) is 9.88 Å². The summed E-state index contributed by atoms with van der Waals surface area (Å²) in [5.74, 6) is 0. The second-order valence-corrected chi connectivity index (χ2v) is 7.64. The van der Waals surface area contributed by atoms with E-state index in [9.17, 15) is 0 Å². The number of aromatic nitrogens is 2. The van der Waals surface area contributed by atoms with Gasteiger partial charge in [-0.15, -0.1) is 11.3 Å². The molecule has 4 nitrogen and oxygen atoms in total. The Balaban J connectivity index is 1.39. The van der Waals surface area contributed by atoms with E-state index in [0.717, 1.165) is 39.0 Å². The first kappa shape index (κ1) is 17.3. The summed E-state index contributed by atoms with van der Waals surface area (Å²) in [6.45, 7) is 3.94. The van der Waals surface area contributed by atoms with Crippen LogP contribution in [0.4, 0.5) is 0 Å². The molecule has 1 aromatic carbocycles. The lowest BCUT2D eigenvalue weighted by Crippen LogP contribution is -2.45. The van der Waals surface area contributed by atoms with E-state index >= 15 is 0 Å². The minimum atomic E-state index is 0.368. The van der Waals surface area contributed by atoms with Gasteiger partial charge in [-0.05, 0) is 23.6 Å². The van der Waals surface area contributed by atoms with Gasteiger partial charge in [0.05, 0.1) is 10.7 Å². The molecule has 0 radical (unpaired) electrons. The number of pyridine rings is 1. The van der Waals surface area contributed by atoms with E-state index in [4.69, 9.17) is 4.98 Å². The summed E-state index contributed by atoms with van der Waals surface area (Å²) in [6, 6.07) is 15.2. The molecule has 4 rings (SSSR count). The first-order valence-electron chi connectivity index (χ1n) is 9.20. The van der Waals surface area contributed by atoms with Gasteiger partial charge in [0.25, 0.3) is 0 Å². The van der Waals surface area contributed by atoms with Crippen molar-refractivity contribution in [2.75, 3.05) is 19.6 Å². The number of nitrogens with zero attached hydrogens (tertiary/aromatic N) is 3. The van der Waals surface area contributed by atoms with Crippen LogP contribution >= 0.6 is 11.3 Å². The van der Waals surface area contributed by atoms with Crippen LogP contribution in [0.25, 0.3) is 0 Å². The van der Waals surface area contributed by atoms with Crippen LogP contribution in [0.5, 0.6) is 0 Å². The fourth-order valence-electron chi connectivity index (χ4n) is 3.48. The molecule has 3 aromatic rings. The second-order valence-electron chi connectivity index (χ2n) is 6.69. The van der Waals surface area contributed by atoms with Gasteiger partial charge in [0, 0.05) is 56.4 Å². The molecule has 0 saturated carbocycles. The van der Waals surface area contributed by atoms with Crippen LogP contribution in [-0.2, 0) is 19.4 Å². The van der Waals surface area contributed by atoms with Crippen LogP contribution in [0.2, 0.25) is 0 Å². The molecule has 26 heavy (non-hydrogen) atoms. The van der Waals surface area contributed by atoms with Gasteiger partial charge in [0.15, 0.2) is 0 Å². The van der Waals surface area contributed by atoms with Gasteiger partial charge < -0.3 is 5.32 Å².